The fraction of sp³-hybridized carbons (Fsp3) is 0.240. The number of carbonyl (C=O) groups excluding carboxylic acids is 2. The van der Waals surface area contributed by atoms with Gasteiger partial charge in [-0.3, -0.25) is 4.68 Å². The van der Waals surface area contributed by atoms with Crippen LogP contribution in [0.1, 0.15) is 47.7 Å². The number of fused-ring (bicyclic) bond motifs is 1. The van der Waals surface area contributed by atoms with Gasteiger partial charge in [0, 0.05) is 51.1 Å². The summed E-state index contributed by atoms with van der Waals surface area (Å²) in [5.41, 5.74) is 0.956. The summed E-state index contributed by atoms with van der Waals surface area (Å²) in [6, 6.07) is 7.13. The zero-order valence-electron chi connectivity index (χ0n) is 20.7. The number of nitrogens with zero attached hydrogens (tertiary/aromatic N) is 3. The maximum atomic E-state index is 15.5. The molecule has 0 unspecified atom stereocenters. The van der Waals surface area contributed by atoms with E-state index in [4.69, 9.17) is 11.6 Å². The Morgan fingerprint density at radius 3 is 2.50 bits per heavy atom. The van der Waals surface area contributed by atoms with E-state index in [0.29, 0.717) is 28.9 Å². The standard InChI is InChI=1S/C25H20ClF2N3O4S.2Na/c26-17-9-8-16-23(21(17)28)31(14-11-29-30(12-14)10-2-5-19(32)33)22(13-6-7-13)24(16)36-18-4-1-3-15(20(18)27)25(34)35;;/h1,3-4,8-9,11-13H,2,5-7,10H2,(H,32,33)(H,34,35);;/q;2*+1/p-2. The minimum Gasteiger partial charge on any atom is -0.550 e. The summed E-state index contributed by atoms with van der Waals surface area (Å²) in [5.74, 6) is -4.25. The van der Waals surface area contributed by atoms with Crippen LogP contribution < -0.4 is 69.3 Å². The fourth-order valence-electron chi connectivity index (χ4n) is 4.23. The molecule has 2 aromatic carbocycles. The quantitative estimate of drug-likeness (QED) is 0.208. The first-order valence-electron chi connectivity index (χ1n) is 11.2. The minimum atomic E-state index is -1.62. The van der Waals surface area contributed by atoms with Gasteiger partial charge in [0.15, 0.2) is 5.82 Å². The van der Waals surface area contributed by atoms with E-state index in [1.165, 1.54) is 18.2 Å². The minimum absolute atomic E-state index is 0. The van der Waals surface area contributed by atoms with E-state index in [9.17, 15) is 19.8 Å². The molecule has 7 nitrogen and oxygen atoms in total. The first-order chi connectivity index (χ1) is 17.3. The first kappa shape index (κ1) is 31.2. The second-order valence-corrected chi connectivity index (χ2v) is 9.99. The number of carbonyl (C=O) groups is 2. The smallest absolute Gasteiger partial charge is 0.550 e. The Hall–Kier alpha value is -1.37. The summed E-state index contributed by atoms with van der Waals surface area (Å²) in [4.78, 5) is 22.7. The zero-order valence-corrected chi connectivity index (χ0v) is 26.2. The normalized spacial score (nSPS) is 12.7. The van der Waals surface area contributed by atoms with Gasteiger partial charge in [-0.1, -0.05) is 35.5 Å². The molecule has 1 aliphatic carbocycles. The van der Waals surface area contributed by atoms with Crippen molar-refractivity contribution >= 4 is 46.2 Å². The molecule has 5 rings (SSSR count). The van der Waals surface area contributed by atoms with Gasteiger partial charge in [-0.15, -0.1) is 0 Å². The molecule has 38 heavy (non-hydrogen) atoms. The molecule has 13 heteroatoms. The average molecular weight is 576 g/mol. The molecule has 0 N–H and O–H groups in total. The molecule has 0 saturated heterocycles. The van der Waals surface area contributed by atoms with E-state index in [1.807, 2.05) is 0 Å². The summed E-state index contributed by atoms with van der Waals surface area (Å²) in [7, 11) is 0. The monoisotopic (exact) mass is 575 g/mol. The van der Waals surface area contributed by atoms with Crippen molar-refractivity contribution in [2.75, 3.05) is 0 Å². The average Bonchev–Trinajstić information content (AvgIpc) is 3.47. The molecule has 0 amide bonds. The third kappa shape index (κ3) is 6.18. The Labute approximate surface area is 270 Å². The molecule has 186 valence electrons. The summed E-state index contributed by atoms with van der Waals surface area (Å²) in [5, 5.41) is 26.8. The predicted molar refractivity (Wildman–Crippen MR) is 125 cm³/mol. The van der Waals surface area contributed by atoms with Crippen molar-refractivity contribution in [3.05, 3.63) is 70.6 Å². The number of carboxylic acid groups (broad SMARTS) is 2. The van der Waals surface area contributed by atoms with Gasteiger partial charge >= 0.3 is 59.1 Å². The SMILES string of the molecule is O=C([O-])CCCn1cc(-n2c(C3CC3)c(Sc3cccc(C(=O)[O-])c3F)c3ccc(Cl)c(F)c32)cn1.[Na+].[Na+]. The van der Waals surface area contributed by atoms with Crippen molar-refractivity contribution in [1.29, 1.82) is 0 Å². The van der Waals surface area contributed by atoms with Crippen LogP contribution in [0.5, 0.6) is 0 Å². The number of aromatic nitrogens is 3. The van der Waals surface area contributed by atoms with Gasteiger partial charge in [0.25, 0.3) is 0 Å². The number of aromatic carboxylic acids is 1. The molecular weight excluding hydrogens is 558 g/mol. The largest absolute Gasteiger partial charge is 1.00 e. The van der Waals surface area contributed by atoms with Crippen LogP contribution in [0.3, 0.4) is 0 Å². The Kier molecular flexibility index (Phi) is 10.6. The zero-order chi connectivity index (χ0) is 25.6. The molecular formula is C25H18ClF2N3Na2O4S. The Balaban J connectivity index is 0.00000200. The van der Waals surface area contributed by atoms with Crippen LogP contribution in [-0.4, -0.2) is 26.3 Å². The summed E-state index contributed by atoms with van der Waals surface area (Å²) >= 11 is 7.17. The van der Waals surface area contributed by atoms with Gasteiger partial charge in [0.2, 0.25) is 0 Å². The summed E-state index contributed by atoms with van der Waals surface area (Å²) < 4.78 is 33.8. The van der Waals surface area contributed by atoms with Gasteiger partial charge in [0.05, 0.1) is 28.4 Å². The molecule has 1 aliphatic rings. The number of hydrogen-bond acceptors (Lipinski definition) is 6. The van der Waals surface area contributed by atoms with Crippen LogP contribution in [0.15, 0.2) is 52.5 Å². The molecule has 0 bridgehead atoms. The number of hydrogen-bond donors (Lipinski definition) is 0. The van der Waals surface area contributed by atoms with E-state index in [2.05, 4.69) is 5.10 Å². The van der Waals surface area contributed by atoms with Gasteiger partial charge in [-0.05, 0) is 43.9 Å². The van der Waals surface area contributed by atoms with Crippen molar-refractivity contribution in [1.82, 2.24) is 14.3 Å². The summed E-state index contributed by atoms with van der Waals surface area (Å²) in [6.45, 7) is 0.331. The van der Waals surface area contributed by atoms with Crippen molar-refractivity contribution in [3.8, 4) is 5.69 Å². The van der Waals surface area contributed by atoms with E-state index in [-0.39, 0.29) is 86.9 Å². The molecule has 0 radical (unpaired) electrons. The second-order valence-electron chi connectivity index (χ2n) is 8.53. The van der Waals surface area contributed by atoms with Crippen molar-refractivity contribution in [2.24, 2.45) is 0 Å². The number of aliphatic carboxylic acids is 1. The molecule has 2 heterocycles. The molecule has 4 aromatic rings. The van der Waals surface area contributed by atoms with Crippen molar-refractivity contribution in [3.63, 3.8) is 0 Å². The molecule has 0 atom stereocenters. The fourth-order valence-corrected chi connectivity index (χ4v) is 5.59. The number of benzene rings is 2. The summed E-state index contributed by atoms with van der Waals surface area (Å²) in [6.07, 6.45) is 5.14. The van der Waals surface area contributed by atoms with E-state index < -0.39 is 29.1 Å². The van der Waals surface area contributed by atoms with Crippen molar-refractivity contribution < 1.29 is 87.7 Å². The number of halogens is 3. The molecule has 1 fully saturated rings. The van der Waals surface area contributed by atoms with E-state index >= 15 is 8.78 Å². The van der Waals surface area contributed by atoms with Gasteiger partial charge in [-0.2, -0.15) is 5.10 Å². The maximum absolute atomic E-state index is 15.5. The predicted octanol–water partition coefficient (Wildman–Crippen LogP) is -2.31. The Morgan fingerprint density at radius 2 is 1.84 bits per heavy atom. The Morgan fingerprint density at radius 1 is 1.11 bits per heavy atom. The third-order valence-electron chi connectivity index (χ3n) is 6.02. The van der Waals surface area contributed by atoms with Crippen LogP contribution in [0.2, 0.25) is 5.02 Å². The van der Waals surface area contributed by atoms with Crippen LogP contribution in [0.4, 0.5) is 8.78 Å². The molecule has 1 saturated carbocycles. The van der Waals surface area contributed by atoms with Crippen LogP contribution in [0, 0.1) is 11.6 Å². The van der Waals surface area contributed by atoms with Crippen LogP contribution in [-0.2, 0) is 11.3 Å². The first-order valence-corrected chi connectivity index (χ1v) is 12.4. The van der Waals surface area contributed by atoms with E-state index in [0.717, 1.165) is 36.4 Å². The second kappa shape index (κ2) is 12.9. The Bertz CT molecular complexity index is 1520. The number of rotatable bonds is 9. The van der Waals surface area contributed by atoms with Crippen LogP contribution >= 0.6 is 23.4 Å². The maximum Gasteiger partial charge on any atom is 1.00 e. The molecule has 2 aromatic heterocycles. The van der Waals surface area contributed by atoms with Crippen LogP contribution in [0.25, 0.3) is 16.6 Å². The van der Waals surface area contributed by atoms with Crippen molar-refractivity contribution in [2.45, 2.75) is 47.9 Å². The number of aryl methyl sites for hydroxylation is 1. The third-order valence-corrected chi connectivity index (χ3v) is 7.48. The van der Waals surface area contributed by atoms with Gasteiger partial charge < -0.3 is 24.4 Å². The molecule has 0 spiro atoms. The number of carboxylic acids is 2. The van der Waals surface area contributed by atoms with Gasteiger partial charge in [0.1, 0.15) is 5.82 Å². The van der Waals surface area contributed by atoms with E-state index in [1.54, 1.807) is 27.7 Å². The van der Waals surface area contributed by atoms with Gasteiger partial charge in [-0.25, -0.2) is 8.78 Å². The topological polar surface area (TPSA) is 103 Å². The molecule has 0 aliphatic heterocycles.